The van der Waals surface area contributed by atoms with E-state index in [0.717, 1.165) is 6.42 Å². The summed E-state index contributed by atoms with van der Waals surface area (Å²) in [6, 6.07) is 0. The molecule has 0 saturated carbocycles. The number of hydrogen-bond donors (Lipinski definition) is 0. The third kappa shape index (κ3) is 13.7. The van der Waals surface area contributed by atoms with Crippen molar-refractivity contribution in [2.75, 3.05) is 0 Å². The first-order valence-corrected chi connectivity index (χ1v) is 11.6. The second-order valence-corrected chi connectivity index (χ2v) is 8.14. The molecular formula is C24H42O3. The van der Waals surface area contributed by atoms with Crippen LogP contribution in [0.1, 0.15) is 122 Å². The molecule has 0 amide bonds. The fourth-order valence-electron chi connectivity index (χ4n) is 3.71. The predicted molar refractivity (Wildman–Crippen MR) is 113 cm³/mol. The molecule has 3 heteroatoms. The molecule has 0 bridgehead atoms. The summed E-state index contributed by atoms with van der Waals surface area (Å²) in [7, 11) is 0. The number of unbranched alkanes of at least 4 members (excludes halogenated alkanes) is 15. The molecule has 0 aromatic rings. The van der Waals surface area contributed by atoms with Crippen LogP contribution >= 0.6 is 0 Å². The predicted octanol–water partition coefficient (Wildman–Crippen LogP) is 7.28. The van der Waals surface area contributed by atoms with Crippen molar-refractivity contribution in [3.63, 3.8) is 0 Å². The monoisotopic (exact) mass is 378 g/mol. The molecule has 0 N–H and O–H groups in total. The van der Waals surface area contributed by atoms with Crippen molar-refractivity contribution in [2.45, 2.75) is 122 Å². The van der Waals surface area contributed by atoms with Crippen molar-refractivity contribution < 1.29 is 14.3 Å². The lowest BCUT2D eigenvalue weighted by Crippen LogP contribution is -2.05. The van der Waals surface area contributed by atoms with Crippen molar-refractivity contribution in [3.05, 3.63) is 12.2 Å². The van der Waals surface area contributed by atoms with Gasteiger partial charge in [-0.3, -0.25) is 9.59 Å². The minimum absolute atomic E-state index is 0.241. The molecule has 1 aliphatic rings. The van der Waals surface area contributed by atoms with E-state index in [-0.39, 0.29) is 24.3 Å². The van der Waals surface area contributed by atoms with Crippen LogP contribution in [0.2, 0.25) is 0 Å². The molecule has 0 aromatic heterocycles. The van der Waals surface area contributed by atoms with Crippen molar-refractivity contribution in [3.8, 4) is 0 Å². The number of allylic oxidation sites excluding steroid dienone is 2. The Morgan fingerprint density at radius 3 is 1.67 bits per heavy atom. The van der Waals surface area contributed by atoms with Gasteiger partial charge in [0.1, 0.15) is 0 Å². The normalized spacial score (nSPS) is 17.1. The molecule has 1 aliphatic heterocycles. The first-order valence-electron chi connectivity index (χ1n) is 11.6. The van der Waals surface area contributed by atoms with Gasteiger partial charge in [-0.05, 0) is 19.3 Å². The first kappa shape index (κ1) is 23.9. The largest absolute Gasteiger partial charge is 0.393 e. The Hall–Kier alpha value is -1.12. The Morgan fingerprint density at radius 1 is 0.741 bits per heavy atom. The maximum Gasteiger partial charge on any atom is 0.317 e. The quantitative estimate of drug-likeness (QED) is 0.109. The molecule has 0 spiro atoms. The summed E-state index contributed by atoms with van der Waals surface area (Å²) in [5, 5.41) is 0. The summed E-state index contributed by atoms with van der Waals surface area (Å²) >= 11 is 0. The Morgan fingerprint density at radius 2 is 1.22 bits per heavy atom. The van der Waals surface area contributed by atoms with E-state index in [9.17, 15) is 9.59 Å². The summed E-state index contributed by atoms with van der Waals surface area (Å²) in [6.07, 6.45) is 27.0. The van der Waals surface area contributed by atoms with Crippen molar-refractivity contribution in [2.24, 2.45) is 5.92 Å². The van der Waals surface area contributed by atoms with Gasteiger partial charge in [-0.15, -0.1) is 0 Å². The van der Waals surface area contributed by atoms with E-state index in [2.05, 4.69) is 17.7 Å². The highest BCUT2D eigenvalue weighted by atomic mass is 16.6. The molecule has 1 unspecified atom stereocenters. The molecule has 3 nitrogen and oxygen atoms in total. The van der Waals surface area contributed by atoms with Crippen LogP contribution in [0.4, 0.5) is 0 Å². The van der Waals surface area contributed by atoms with Gasteiger partial charge in [0.25, 0.3) is 0 Å². The number of cyclic esters (lactones) is 2. The molecule has 0 aliphatic carbocycles. The van der Waals surface area contributed by atoms with Crippen LogP contribution < -0.4 is 0 Å². The maximum absolute atomic E-state index is 11.3. The lowest BCUT2D eigenvalue weighted by Gasteiger charge is -2.03. The second kappa shape index (κ2) is 17.0. The van der Waals surface area contributed by atoms with E-state index in [0.29, 0.717) is 6.42 Å². The molecule has 1 atom stereocenters. The van der Waals surface area contributed by atoms with Gasteiger partial charge in [0.2, 0.25) is 0 Å². The van der Waals surface area contributed by atoms with Gasteiger partial charge in [-0.2, -0.15) is 0 Å². The Kier molecular flexibility index (Phi) is 15.1. The lowest BCUT2D eigenvalue weighted by molar-refractivity contribution is -0.153. The van der Waals surface area contributed by atoms with Gasteiger partial charge < -0.3 is 4.74 Å². The van der Waals surface area contributed by atoms with Crippen LogP contribution in [0.3, 0.4) is 0 Å². The zero-order valence-corrected chi connectivity index (χ0v) is 17.7. The highest BCUT2D eigenvalue weighted by Crippen LogP contribution is 2.20. The fraction of sp³-hybridized carbons (Fsp3) is 0.833. The Balaban J connectivity index is 1.75. The highest BCUT2D eigenvalue weighted by molar-refractivity contribution is 5.94. The SMILES string of the molecule is CCCCCCCCCCCCCCCCCC=CCC1CC(=O)OC1=O. The zero-order valence-electron chi connectivity index (χ0n) is 17.7. The van der Waals surface area contributed by atoms with E-state index in [1.807, 2.05) is 6.08 Å². The van der Waals surface area contributed by atoms with Gasteiger partial charge in [0, 0.05) is 0 Å². The van der Waals surface area contributed by atoms with Gasteiger partial charge in [0.05, 0.1) is 12.3 Å². The Labute approximate surface area is 167 Å². The van der Waals surface area contributed by atoms with E-state index in [4.69, 9.17) is 0 Å². The van der Waals surface area contributed by atoms with Gasteiger partial charge in [-0.1, -0.05) is 109 Å². The average molecular weight is 379 g/mol. The zero-order chi connectivity index (χ0) is 19.6. The Bertz CT molecular complexity index is 414. The molecule has 0 radical (unpaired) electrons. The van der Waals surface area contributed by atoms with Crippen LogP contribution in [0, 0.1) is 5.92 Å². The maximum atomic E-state index is 11.3. The van der Waals surface area contributed by atoms with E-state index in [1.54, 1.807) is 0 Å². The molecule has 1 heterocycles. The van der Waals surface area contributed by atoms with Crippen molar-refractivity contribution >= 4 is 11.9 Å². The van der Waals surface area contributed by atoms with Crippen molar-refractivity contribution in [1.82, 2.24) is 0 Å². The van der Waals surface area contributed by atoms with E-state index < -0.39 is 0 Å². The number of esters is 2. The number of hydrogen-bond acceptors (Lipinski definition) is 3. The number of ether oxygens (including phenoxy) is 1. The van der Waals surface area contributed by atoms with E-state index >= 15 is 0 Å². The molecule has 1 fully saturated rings. The summed E-state index contributed by atoms with van der Waals surface area (Å²) in [6.45, 7) is 2.28. The first-order chi connectivity index (χ1) is 13.2. The van der Waals surface area contributed by atoms with Crippen LogP contribution in [0.5, 0.6) is 0 Å². The second-order valence-electron chi connectivity index (χ2n) is 8.14. The van der Waals surface area contributed by atoms with Crippen LogP contribution in [-0.4, -0.2) is 11.9 Å². The molecule has 27 heavy (non-hydrogen) atoms. The third-order valence-corrected chi connectivity index (χ3v) is 5.52. The van der Waals surface area contributed by atoms with Crippen LogP contribution in [0.15, 0.2) is 12.2 Å². The van der Waals surface area contributed by atoms with Crippen LogP contribution in [-0.2, 0) is 14.3 Å². The topological polar surface area (TPSA) is 43.4 Å². The molecule has 1 rings (SSSR count). The fourth-order valence-corrected chi connectivity index (χ4v) is 3.71. The highest BCUT2D eigenvalue weighted by Gasteiger charge is 2.31. The van der Waals surface area contributed by atoms with E-state index in [1.165, 1.54) is 96.3 Å². The number of carbonyl (C=O) groups excluding carboxylic acids is 2. The van der Waals surface area contributed by atoms with Crippen molar-refractivity contribution in [1.29, 1.82) is 0 Å². The molecule has 1 saturated heterocycles. The summed E-state index contributed by atoms with van der Waals surface area (Å²) in [5.74, 6) is -0.966. The lowest BCUT2D eigenvalue weighted by atomic mass is 10.0. The average Bonchev–Trinajstić information content (AvgIpc) is 2.98. The minimum Gasteiger partial charge on any atom is -0.393 e. The smallest absolute Gasteiger partial charge is 0.317 e. The summed E-state index contributed by atoms with van der Waals surface area (Å²) in [5.41, 5.74) is 0. The summed E-state index contributed by atoms with van der Waals surface area (Å²) < 4.78 is 4.55. The minimum atomic E-state index is -0.374. The summed E-state index contributed by atoms with van der Waals surface area (Å²) in [4.78, 5) is 22.3. The third-order valence-electron chi connectivity index (χ3n) is 5.52. The molecule has 156 valence electrons. The standard InChI is InChI=1S/C24H42O3/c1-2-3-4-5-6-7-8-9-10-11-12-13-14-15-16-17-18-19-20-22-21-23(25)27-24(22)26/h18-19,22H,2-17,20-21H2,1H3. The van der Waals surface area contributed by atoms with Gasteiger partial charge >= 0.3 is 11.9 Å². The molecular weight excluding hydrogens is 336 g/mol. The van der Waals surface area contributed by atoms with Crippen LogP contribution in [0.25, 0.3) is 0 Å². The number of rotatable bonds is 18. The van der Waals surface area contributed by atoms with Gasteiger partial charge in [0.15, 0.2) is 0 Å². The van der Waals surface area contributed by atoms with Gasteiger partial charge in [-0.25, -0.2) is 0 Å². The number of carbonyl (C=O) groups is 2. The molecule has 0 aromatic carbocycles.